The van der Waals surface area contributed by atoms with Crippen molar-refractivity contribution in [1.82, 2.24) is 5.32 Å². The zero-order valence-corrected chi connectivity index (χ0v) is 14.3. The zero-order valence-electron chi connectivity index (χ0n) is 13.5. The number of allylic oxidation sites excluding steroid dienone is 2. The lowest BCUT2D eigenvalue weighted by molar-refractivity contribution is 0.443. The Balaban J connectivity index is 0.00000176. The molecule has 3 rings (SSSR count). The molecule has 1 aliphatic carbocycles. The number of halogens is 1. The molecular weight excluding hydrogens is 292 g/mol. The molecule has 2 fully saturated rings. The third-order valence-corrected chi connectivity index (χ3v) is 4.68. The molecule has 1 aliphatic heterocycles. The molecule has 0 spiro atoms. The fourth-order valence-corrected chi connectivity index (χ4v) is 3.43. The molecule has 1 heterocycles. The van der Waals surface area contributed by atoms with Crippen molar-refractivity contribution in [2.75, 3.05) is 6.54 Å². The average Bonchev–Trinajstić information content (AvgIpc) is 3.08. The lowest BCUT2D eigenvalue weighted by Gasteiger charge is -2.20. The monoisotopic (exact) mass is 318 g/mol. The van der Waals surface area contributed by atoms with E-state index in [1.54, 1.807) is 0 Å². The van der Waals surface area contributed by atoms with Crippen LogP contribution in [0.4, 0.5) is 0 Å². The molecule has 120 valence electrons. The molecule has 1 N–H and O–H groups in total. The van der Waals surface area contributed by atoms with E-state index in [9.17, 15) is 0 Å². The van der Waals surface area contributed by atoms with E-state index in [0.29, 0.717) is 6.04 Å². The standard InChI is InChI=1S/C19H26N2.ClH/c1-15(18-13-8-14-20-18)19(16-9-4-2-5-10-16)21-17-11-6-3-7-12-17;/h2,4-5,9-10,17,20H,3,6-8,11-14H2,1H3;1H/b18-15-,21-19?;. The van der Waals surface area contributed by atoms with Crippen LogP contribution in [0.2, 0.25) is 0 Å². The molecule has 2 nitrogen and oxygen atoms in total. The average molecular weight is 319 g/mol. The fraction of sp³-hybridized carbons (Fsp3) is 0.526. The lowest BCUT2D eigenvalue weighted by atomic mass is 9.94. The normalized spacial score (nSPS) is 22.0. The molecular formula is C19H27ClN2. The lowest BCUT2D eigenvalue weighted by Crippen LogP contribution is -2.17. The molecule has 0 unspecified atom stereocenters. The Morgan fingerprint density at radius 1 is 1.05 bits per heavy atom. The highest BCUT2D eigenvalue weighted by Crippen LogP contribution is 2.24. The van der Waals surface area contributed by atoms with Gasteiger partial charge in [0, 0.05) is 12.2 Å². The fourth-order valence-electron chi connectivity index (χ4n) is 3.43. The van der Waals surface area contributed by atoms with Crippen molar-refractivity contribution < 1.29 is 0 Å². The second kappa shape index (κ2) is 8.38. The van der Waals surface area contributed by atoms with Crippen LogP contribution in [0.15, 0.2) is 46.6 Å². The Labute approximate surface area is 140 Å². The van der Waals surface area contributed by atoms with Crippen molar-refractivity contribution in [1.29, 1.82) is 0 Å². The quantitative estimate of drug-likeness (QED) is 0.789. The molecule has 0 aromatic heterocycles. The van der Waals surface area contributed by atoms with E-state index in [0.717, 1.165) is 6.54 Å². The minimum Gasteiger partial charge on any atom is -0.388 e. The van der Waals surface area contributed by atoms with Crippen molar-refractivity contribution in [2.24, 2.45) is 4.99 Å². The Hall–Kier alpha value is -1.28. The van der Waals surface area contributed by atoms with Crippen molar-refractivity contribution in [2.45, 2.75) is 57.9 Å². The van der Waals surface area contributed by atoms with E-state index >= 15 is 0 Å². The second-order valence-corrected chi connectivity index (χ2v) is 6.27. The summed E-state index contributed by atoms with van der Waals surface area (Å²) in [6, 6.07) is 11.2. The molecule has 1 saturated carbocycles. The predicted molar refractivity (Wildman–Crippen MR) is 97.0 cm³/mol. The number of nitrogens with one attached hydrogen (secondary N) is 1. The molecule has 2 aliphatic rings. The maximum Gasteiger partial charge on any atom is 0.0696 e. The van der Waals surface area contributed by atoms with Gasteiger partial charge in [-0.2, -0.15) is 0 Å². The van der Waals surface area contributed by atoms with Gasteiger partial charge in [0.15, 0.2) is 0 Å². The van der Waals surface area contributed by atoms with E-state index in [2.05, 4.69) is 42.6 Å². The smallest absolute Gasteiger partial charge is 0.0696 e. The molecule has 1 aromatic rings. The third-order valence-electron chi connectivity index (χ3n) is 4.68. The van der Waals surface area contributed by atoms with Gasteiger partial charge in [-0.05, 0) is 43.7 Å². The van der Waals surface area contributed by atoms with Crippen LogP contribution in [0, 0.1) is 0 Å². The van der Waals surface area contributed by atoms with Gasteiger partial charge < -0.3 is 5.32 Å². The Morgan fingerprint density at radius 2 is 1.77 bits per heavy atom. The first-order chi connectivity index (χ1) is 10.3. The van der Waals surface area contributed by atoms with Crippen molar-refractivity contribution in [3.05, 3.63) is 47.2 Å². The number of hydrogen-bond donors (Lipinski definition) is 1. The first-order valence-corrected chi connectivity index (χ1v) is 8.42. The van der Waals surface area contributed by atoms with E-state index in [1.807, 2.05) is 0 Å². The van der Waals surface area contributed by atoms with Crippen LogP contribution in [0.25, 0.3) is 0 Å². The first kappa shape index (κ1) is 17.1. The van der Waals surface area contributed by atoms with E-state index in [1.165, 1.54) is 67.5 Å². The summed E-state index contributed by atoms with van der Waals surface area (Å²) in [5.74, 6) is 0. The highest BCUT2D eigenvalue weighted by atomic mass is 35.5. The molecule has 22 heavy (non-hydrogen) atoms. The van der Waals surface area contributed by atoms with Gasteiger partial charge in [-0.15, -0.1) is 12.4 Å². The number of nitrogens with zero attached hydrogens (tertiary/aromatic N) is 1. The number of benzene rings is 1. The molecule has 0 amide bonds. The van der Waals surface area contributed by atoms with Gasteiger partial charge in [0.1, 0.15) is 0 Å². The van der Waals surface area contributed by atoms with E-state index < -0.39 is 0 Å². The van der Waals surface area contributed by atoms with Crippen LogP contribution < -0.4 is 5.32 Å². The number of aliphatic imine (C=N–C) groups is 1. The zero-order chi connectivity index (χ0) is 14.5. The molecule has 1 aromatic carbocycles. The van der Waals surface area contributed by atoms with Crippen molar-refractivity contribution >= 4 is 18.1 Å². The molecule has 0 bridgehead atoms. The summed E-state index contributed by atoms with van der Waals surface area (Å²) in [5.41, 5.74) is 5.23. The van der Waals surface area contributed by atoms with Gasteiger partial charge in [0.25, 0.3) is 0 Å². The Morgan fingerprint density at radius 3 is 2.41 bits per heavy atom. The molecule has 1 saturated heterocycles. The molecule has 0 atom stereocenters. The minimum atomic E-state index is 0. The van der Waals surface area contributed by atoms with Gasteiger partial charge in [0.2, 0.25) is 0 Å². The summed E-state index contributed by atoms with van der Waals surface area (Å²) in [7, 11) is 0. The SMILES string of the molecule is C/C(C(=NC1CCCCC1)c1ccccc1)=C1\CCCN1.Cl. The van der Waals surface area contributed by atoms with Crippen LogP contribution in [0.5, 0.6) is 0 Å². The summed E-state index contributed by atoms with van der Waals surface area (Å²) < 4.78 is 0. The summed E-state index contributed by atoms with van der Waals surface area (Å²) in [6.45, 7) is 3.35. The van der Waals surface area contributed by atoms with Crippen LogP contribution >= 0.6 is 12.4 Å². The Kier molecular flexibility index (Phi) is 6.50. The second-order valence-electron chi connectivity index (χ2n) is 6.27. The van der Waals surface area contributed by atoms with Gasteiger partial charge in [0.05, 0.1) is 11.8 Å². The summed E-state index contributed by atoms with van der Waals surface area (Å²) in [6.07, 6.45) is 8.99. The van der Waals surface area contributed by atoms with Crippen LogP contribution in [-0.2, 0) is 0 Å². The minimum absolute atomic E-state index is 0. The van der Waals surface area contributed by atoms with E-state index in [4.69, 9.17) is 4.99 Å². The van der Waals surface area contributed by atoms with Gasteiger partial charge in [-0.25, -0.2) is 0 Å². The summed E-state index contributed by atoms with van der Waals surface area (Å²) in [4.78, 5) is 5.17. The van der Waals surface area contributed by atoms with Crippen LogP contribution in [-0.4, -0.2) is 18.3 Å². The number of hydrogen-bond acceptors (Lipinski definition) is 2. The first-order valence-electron chi connectivity index (χ1n) is 8.42. The third kappa shape index (κ3) is 4.13. The van der Waals surface area contributed by atoms with Gasteiger partial charge in [-0.1, -0.05) is 49.6 Å². The predicted octanol–water partition coefficient (Wildman–Crippen LogP) is 4.89. The molecule has 0 radical (unpaired) electrons. The summed E-state index contributed by atoms with van der Waals surface area (Å²) >= 11 is 0. The maximum absolute atomic E-state index is 5.17. The Bertz CT molecular complexity index is 520. The number of rotatable bonds is 3. The van der Waals surface area contributed by atoms with Gasteiger partial charge >= 0.3 is 0 Å². The van der Waals surface area contributed by atoms with Crippen molar-refractivity contribution in [3.8, 4) is 0 Å². The topological polar surface area (TPSA) is 24.4 Å². The van der Waals surface area contributed by atoms with Crippen LogP contribution in [0.3, 0.4) is 0 Å². The van der Waals surface area contributed by atoms with Gasteiger partial charge in [-0.3, -0.25) is 4.99 Å². The highest BCUT2D eigenvalue weighted by molar-refractivity contribution is 6.12. The van der Waals surface area contributed by atoms with Crippen molar-refractivity contribution in [3.63, 3.8) is 0 Å². The highest BCUT2D eigenvalue weighted by Gasteiger charge is 2.18. The van der Waals surface area contributed by atoms with E-state index in [-0.39, 0.29) is 12.4 Å². The van der Waals surface area contributed by atoms with Crippen LogP contribution in [0.1, 0.15) is 57.4 Å². The maximum atomic E-state index is 5.17. The molecule has 3 heteroatoms. The summed E-state index contributed by atoms with van der Waals surface area (Å²) in [5, 5.41) is 3.54. The largest absolute Gasteiger partial charge is 0.388 e.